The van der Waals surface area contributed by atoms with Crippen molar-refractivity contribution in [1.82, 2.24) is 18.2 Å². The Labute approximate surface area is 234 Å². The van der Waals surface area contributed by atoms with E-state index in [1.807, 2.05) is 0 Å². The minimum atomic E-state index is -4.09. The van der Waals surface area contributed by atoms with Gasteiger partial charge < -0.3 is 14.4 Å². The molecule has 2 heterocycles. The maximum Gasteiger partial charge on any atom is 0.261 e. The van der Waals surface area contributed by atoms with E-state index in [9.17, 15) is 26.3 Å². The highest BCUT2D eigenvalue weighted by Gasteiger charge is 2.39. The normalized spacial score (nSPS) is 20.0. The number of benzene rings is 2. The van der Waals surface area contributed by atoms with Crippen LogP contribution in [0.3, 0.4) is 0 Å². The number of imidazole rings is 1. The third kappa shape index (κ3) is 6.21. The van der Waals surface area contributed by atoms with E-state index >= 15 is 0 Å². The highest BCUT2D eigenvalue weighted by Crippen LogP contribution is 2.34. The molecule has 0 spiro atoms. The Hall–Kier alpha value is -3.28. The number of hydrogen-bond donors (Lipinski definition) is 1. The number of aliphatic hydroxyl groups is 1. The van der Waals surface area contributed by atoms with Gasteiger partial charge in [0.25, 0.3) is 10.0 Å². The van der Waals surface area contributed by atoms with E-state index in [0.717, 1.165) is 4.31 Å². The fraction of sp³-hybridized carbons (Fsp3) is 0.370. The summed E-state index contributed by atoms with van der Waals surface area (Å²) < 4.78 is 77.3. The average molecular weight is 591 g/mol. The summed E-state index contributed by atoms with van der Waals surface area (Å²) >= 11 is 0. The van der Waals surface area contributed by atoms with Crippen molar-refractivity contribution in [2.75, 3.05) is 26.7 Å². The Morgan fingerprint density at radius 1 is 1.23 bits per heavy atom. The molecule has 1 aromatic heterocycles. The lowest BCUT2D eigenvalue weighted by Crippen LogP contribution is -2.50. The third-order valence-corrected chi connectivity index (χ3v) is 10.4. The fourth-order valence-electron chi connectivity index (χ4n) is 4.27. The molecule has 2 aromatic carbocycles. The van der Waals surface area contributed by atoms with Crippen molar-refractivity contribution in [3.63, 3.8) is 0 Å². The first-order chi connectivity index (χ1) is 18.8. The SMILES string of the molecule is C[C@H]1CN([C@@H](C)CO)S(=O)(=O)c2ccc(C#Cc3cccc(F)c3)cc2O[C@@H]1CN(C)S(=O)(=O)c1cn(C)cn1. The van der Waals surface area contributed by atoms with Crippen molar-refractivity contribution < 1.29 is 31.1 Å². The summed E-state index contributed by atoms with van der Waals surface area (Å²) in [5, 5.41) is 9.70. The molecule has 0 aliphatic carbocycles. The van der Waals surface area contributed by atoms with E-state index in [1.165, 1.54) is 64.8 Å². The summed E-state index contributed by atoms with van der Waals surface area (Å²) in [5.74, 6) is 4.85. The van der Waals surface area contributed by atoms with Crippen LogP contribution in [-0.2, 0) is 27.1 Å². The second kappa shape index (κ2) is 11.7. The van der Waals surface area contributed by atoms with Gasteiger partial charge in [0.1, 0.15) is 22.6 Å². The topological polar surface area (TPSA) is 122 Å². The van der Waals surface area contributed by atoms with Gasteiger partial charge in [-0.15, -0.1) is 0 Å². The van der Waals surface area contributed by atoms with Crippen LogP contribution >= 0.6 is 0 Å². The van der Waals surface area contributed by atoms with Gasteiger partial charge in [0.2, 0.25) is 10.0 Å². The first-order valence-electron chi connectivity index (χ1n) is 12.5. The molecular weight excluding hydrogens is 559 g/mol. The van der Waals surface area contributed by atoms with Crippen molar-refractivity contribution in [1.29, 1.82) is 0 Å². The summed E-state index contributed by atoms with van der Waals surface area (Å²) in [7, 11) is -4.97. The monoisotopic (exact) mass is 590 g/mol. The van der Waals surface area contributed by atoms with Crippen LogP contribution in [0.5, 0.6) is 5.75 Å². The molecule has 1 aliphatic heterocycles. The number of aliphatic hydroxyl groups excluding tert-OH is 1. The molecule has 0 bridgehead atoms. The number of aryl methyl sites for hydroxylation is 1. The molecule has 0 unspecified atom stereocenters. The van der Waals surface area contributed by atoms with E-state index in [0.29, 0.717) is 11.1 Å². The van der Waals surface area contributed by atoms with Gasteiger partial charge in [-0.05, 0) is 43.3 Å². The first kappa shape index (κ1) is 29.7. The van der Waals surface area contributed by atoms with Gasteiger partial charge in [0, 0.05) is 49.9 Å². The number of fused-ring (bicyclic) bond motifs is 1. The van der Waals surface area contributed by atoms with E-state index < -0.39 is 50.5 Å². The lowest BCUT2D eigenvalue weighted by Gasteiger charge is -2.37. The fourth-order valence-corrected chi connectivity index (χ4v) is 7.23. The van der Waals surface area contributed by atoms with Crippen molar-refractivity contribution in [2.24, 2.45) is 13.0 Å². The molecule has 214 valence electrons. The first-order valence-corrected chi connectivity index (χ1v) is 15.4. The minimum absolute atomic E-state index is 0.00126. The highest BCUT2D eigenvalue weighted by molar-refractivity contribution is 7.89. The quantitative estimate of drug-likeness (QED) is 0.436. The van der Waals surface area contributed by atoms with Crippen LogP contribution in [0.2, 0.25) is 0 Å². The Morgan fingerprint density at radius 3 is 2.55 bits per heavy atom. The lowest BCUT2D eigenvalue weighted by molar-refractivity contribution is 0.0904. The molecule has 0 fully saturated rings. The predicted molar refractivity (Wildman–Crippen MR) is 146 cm³/mol. The molecule has 13 heteroatoms. The Balaban J connectivity index is 1.75. The largest absolute Gasteiger partial charge is 0.487 e. The molecule has 1 aliphatic rings. The van der Waals surface area contributed by atoms with Crippen LogP contribution in [0.1, 0.15) is 25.0 Å². The summed E-state index contributed by atoms with van der Waals surface area (Å²) in [6.45, 7) is 2.85. The Bertz CT molecular complexity index is 1660. The van der Waals surface area contributed by atoms with Crippen LogP contribution in [-0.4, -0.2) is 79.0 Å². The molecule has 0 radical (unpaired) electrons. The second-order valence-electron chi connectivity index (χ2n) is 9.82. The van der Waals surface area contributed by atoms with Crippen molar-refractivity contribution in [3.05, 3.63) is 71.9 Å². The highest BCUT2D eigenvalue weighted by atomic mass is 32.2. The zero-order chi connectivity index (χ0) is 29.2. The van der Waals surface area contributed by atoms with E-state index in [2.05, 4.69) is 16.8 Å². The summed E-state index contributed by atoms with van der Waals surface area (Å²) in [5.41, 5.74) is 0.859. The van der Waals surface area contributed by atoms with Crippen LogP contribution < -0.4 is 4.74 Å². The predicted octanol–water partition coefficient (Wildman–Crippen LogP) is 2.05. The number of ether oxygens (including phenoxy) is 1. The molecule has 3 atom stereocenters. The second-order valence-corrected chi connectivity index (χ2v) is 13.7. The summed E-state index contributed by atoms with van der Waals surface area (Å²) in [4.78, 5) is 3.83. The standard InChI is InChI=1S/C27H31FN4O6S2/c1-19-14-32(20(2)17-33)39(34,35)26-11-10-22(9-8-21-6-5-7-23(28)12-21)13-24(26)38-25(19)15-31(4)40(36,37)27-16-30(3)18-29-27/h5-7,10-13,16,18-20,25,33H,14-15,17H2,1-4H3/t19-,20-,25+/m0/s1. The number of hydrogen-bond acceptors (Lipinski definition) is 7. The third-order valence-electron chi connectivity index (χ3n) is 6.64. The number of halogens is 1. The molecular formula is C27H31FN4O6S2. The minimum Gasteiger partial charge on any atom is -0.487 e. The molecule has 0 saturated carbocycles. The lowest BCUT2D eigenvalue weighted by atomic mass is 10.0. The van der Waals surface area contributed by atoms with E-state index in [1.54, 1.807) is 27.0 Å². The van der Waals surface area contributed by atoms with Crippen molar-refractivity contribution in [3.8, 4) is 17.6 Å². The maximum atomic E-state index is 13.7. The zero-order valence-corrected chi connectivity index (χ0v) is 24.2. The van der Waals surface area contributed by atoms with Gasteiger partial charge in [0.15, 0.2) is 5.03 Å². The van der Waals surface area contributed by atoms with Gasteiger partial charge >= 0.3 is 0 Å². The van der Waals surface area contributed by atoms with Gasteiger partial charge in [0.05, 0.1) is 19.5 Å². The van der Waals surface area contributed by atoms with Gasteiger partial charge in [-0.1, -0.05) is 24.8 Å². The molecule has 10 nitrogen and oxygen atoms in total. The summed E-state index contributed by atoms with van der Waals surface area (Å²) in [6, 6.07) is 9.40. The van der Waals surface area contributed by atoms with Crippen molar-refractivity contribution >= 4 is 20.0 Å². The zero-order valence-electron chi connectivity index (χ0n) is 22.5. The van der Waals surface area contributed by atoms with Crippen LogP contribution in [0.15, 0.2) is 64.9 Å². The summed E-state index contributed by atoms with van der Waals surface area (Å²) in [6.07, 6.45) is 2.01. The number of sulfonamides is 2. The van der Waals surface area contributed by atoms with Crippen LogP contribution in [0, 0.1) is 23.6 Å². The van der Waals surface area contributed by atoms with Gasteiger partial charge in [-0.25, -0.2) is 26.2 Å². The molecule has 0 saturated heterocycles. The van der Waals surface area contributed by atoms with E-state index in [4.69, 9.17) is 4.74 Å². The molecule has 0 amide bonds. The van der Waals surface area contributed by atoms with E-state index in [-0.39, 0.29) is 28.8 Å². The smallest absolute Gasteiger partial charge is 0.261 e. The Kier molecular flexibility index (Phi) is 8.67. The average Bonchev–Trinajstić information content (AvgIpc) is 3.36. The van der Waals surface area contributed by atoms with Crippen LogP contribution in [0.25, 0.3) is 0 Å². The molecule has 3 aromatic rings. The molecule has 40 heavy (non-hydrogen) atoms. The molecule has 1 N–H and O–H groups in total. The number of aromatic nitrogens is 2. The Morgan fingerprint density at radius 2 is 1.93 bits per heavy atom. The van der Waals surface area contributed by atoms with Gasteiger partial charge in [-0.2, -0.15) is 8.61 Å². The number of likely N-dealkylation sites (N-methyl/N-ethyl adjacent to an activating group) is 1. The molecule has 4 rings (SSSR count). The maximum absolute atomic E-state index is 13.7. The van der Waals surface area contributed by atoms with Crippen LogP contribution in [0.4, 0.5) is 4.39 Å². The van der Waals surface area contributed by atoms with Crippen molar-refractivity contribution in [2.45, 2.75) is 35.9 Å². The number of rotatable bonds is 6. The number of nitrogens with zero attached hydrogens (tertiary/aromatic N) is 4. The van der Waals surface area contributed by atoms with Gasteiger partial charge in [-0.3, -0.25) is 0 Å².